The van der Waals surface area contributed by atoms with Gasteiger partial charge in [0, 0.05) is 12.7 Å². The Morgan fingerprint density at radius 1 is 0.872 bits per heavy atom. The molecular weight excluding hydrogens is 548 g/mol. The fourth-order valence-electron chi connectivity index (χ4n) is 3.39. The Bertz CT molecular complexity index is 1800. The van der Waals surface area contributed by atoms with Crippen LogP contribution in [0.25, 0.3) is 10.8 Å². The van der Waals surface area contributed by atoms with Crippen molar-refractivity contribution in [3.05, 3.63) is 72.3 Å². The molecule has 0 amide bonds. The van der Waals surface area contributed by atoms with Crippen molar-refractivity contribution in [3.8, 4) is 5.75 Å². The number of nitrogens with one attached hydrogen (secondary N) is 1. The number of hydrogen-bond acceptors (Lipinski definition) is 12. The van der Waals surface area contributed by atoms with Crippen molar-refractivity contribution in [2.45, 2.75) is 11.8 Å². The van der Waals surface area contributed by atoms with Crippen LogP contribution in [0, 0.1) is 6.92 Å². The van der Waals surface area contributed by atoms with Crippen LogP contribution in [-0.4, -0.2) is 37.8 Å². The van der Waals surface area contributed by atoms with Gasteiger partial charge in [-0.3, -0.25) is 4.55 Å². The molecule has 0 unspecified atom stereocenters. The van der Waals surface area contributed by atoms with E-state index in [-0.39, 0.29) is 22.1 Å². The highest BCUT2D eigenvalue weighted by molar-refractivity contribution is 7.86. The number of anilines is 2. The maximum Gasteiger partial charge on any atom is 0.425 e. The van der Waals surface area contributed by atoms with E-state index in [2.05, 4.69) is 25.8 Å². The van der Waals surface area contributed by atoms with Crippen LogP contribution in [0.1, 0.15) is 5.56 Å². The topological polar surface area (TPSA) is 213 Å². The Kier molecular flexibility index (Phi) is 9.03. The van der Waals surface area contributed by atoms with Crippen molar-refractivity contribution in [2.24, 2.45) is 20.5 Å². The third kappa shape index (κ3) is 7.41. The van der Waals surface area contributed by atoms with Gasteiger partial charge in [-0.1, -0.05) is 29.8 Å². The van der Waals surface area contributed by atoms with Crippen molar-refractivity contribution >= 4 is 65.6 Å². The molecule has 4 aromatic carbocycles. The number of phenols is 1. The lowest BCUT2D eigenvalue weighted by atomic mass is 10.1. The van der Waals surface area contributed by atoms with Gasteiger partial charge in [0.1, 0.15) is 16.3 Å². The molecule has 0 saturated carbocycles. The van der Waals surface area contributed by atoms with Crippen LogP contribution in [0.4, 0.5) is 34.1 Å². The number of nitrogens with two attached hydrogens (primary N) is 1. The third-order valence-corrected chi connectivity index (χ3v) is 6.09. The van der Waals surface area contributed by atoms with Gasteiger partial charge in [0.25, 0.3) is 10.1 Å². The fraction of sp³-hybridized carbons (Fsp3) is 0.0833. The molecule has 0 heterocycles. The zero-order valence-electron chi connectivity index (χ0n) is 20.5. The number of nitrogen functional groups attached to an aromatic ring is 1. The first-order valence-corrected chi connectivity index (χ1v) is 13.3. The maximum absolute atomic E-state index is 12.1. The lowest BCUT2D eigenvalue weighted by Gasteiger charge is -2.11. The minimum atomic E-state index is -4.75. The summed E-state index contributed by atoms with van der Waals surface area (Å²) in [4.78, 5) is -0.607. The number of hydrogen-bond donors (Lipinski definition) is 4. The van der Waals surface area contributed by atoms with Crippen LogP contribution < -0.4 is 11.1 Å². The highest BCUT2D eigenvalue weighted by atomic mass is 32.2. The molecule has 4 aromatic rings. The second-order valence-electron chi connectivity index (χ2n) is 7.88. The second-order valence-corrected chi connectivity index (χ2v) is 9.68. The number of aryl methyl sites for hydroxylation is 1. The monoisotopic (exact) mass is 570 g/mol. The van der Waals surface area contributed by atoms with Crippen LogP contribution in [0.15, 0.2) is 92.1 Å². The van der Waals surface area contributed by atoms with E-state index < -0.39 is 37.1 Å². The first kappa shape index (κ1) is 28.8. The van der Waals surface area contributed by atoms with E-state index in [1.807, 2.05) is 25.1 Å². The van der Waals surface area contributed by atoms with Crippen LogP contribution in [0.5, 0.6) is 5.75 Å². The average Bonchev–Trinajstić information content (AvgIpc) is 2.87. The van der Waals surface area contributed by atoms with Crippen LogP contribution in [0.2, 0.25) is 0 Å². The smallest absolute Gasteiger partial charge is 0.425 e. The molecule has 15 heteroatoms. The number of rotatable bonds is 6. The summed E-state index contributed by atoms with van der Waals surface area (Å²) in [5.41, 5.74) is 8.99. The van der Waals surface area contributed by atoms with E-state index in [4.69, 9.17) is 18.4 Å². The highest BCUT2D eigenvalue weighted by Crippen LogP contribution is 2.46. The molecule has 39 heavy (non-hydrogen) atoms. The average molecular weight is 571 g/mol. The molecule has 202 valence electrons. The number of phenolic OH excluding ortho intramolecular Hbond substituents is 1. The summed E-state index contributed by atoms with van der Waals surface area (Å²) in [7, 11) is -6.12. The first-order valence-electron chi connectivity index (χ1n) is 10.9. The maximum atomic E-state index is 12.1. The molecule has 0 fully saturated rings. The normalized spacial score (nSPS) is 11.5. The largest absolute Gasteiger partial charge is 0.505 e. The molecule has 0 spiro atoms. The van der Waals surface area contributed by atoms with Crippen molar-refractivity contribution in [1.82, 2.24) is 0 Å². The van der Waals surface area contributed by atoms with Gasteiger partial charge in [0.15, 0.2) is 5.75 Å². The van der Waals surface area contributed by atoms with Crippen molar-refractivity contribution in [3.63, 3.8) is 0 Å². The molecule has 0 aliphatic carbocycles. The number of nitrogens with zero attached hydrogens (tertiary/aromatic N) is 4. The van der Waals surface area contributed by atoms with Gasteiger partial charge >= 0.3 is 10.6 Å². The SMILES string of the molecule is CNc1cccc(N=Nc2c(S(=O)(=O)O)cc3ccc(N=Nc4ccc(C)cc4)c(N)c3c2O)c1.O=S(=O)=O. The zero-order valence-corrected chi connectivity index (χ0v) is 22.1. The Labute approximate surface area is 224 Å². The van der Waals surface area contributed by atoms with Crippen LogP contribution in [-0.2, 0) is 20.7 Å². The minimum absolute atomic E-state index is 0.0615. The van der Waals surface area contributed by atoms with Crippen molar-refractivity contribution in [2.75, 3.05) is 18.1 Å². The van der Waals surface area contributed by atoms with Gasteiger partial charge in [-0.05, 0) is 54.8 Å². The summed E-state index contributed by atoms with van der Waals surface area (Å²) < 4.78 is 59.2. The molecule has 0 saturated heterocycles. The van der Waals surface area contributed by atoms with E-state index in [0.717, 1.165) is 11.3 Å². The van der Waals surface area contributed by atoms with E-state index in [9.17, 15) is 18.1 Å². The summed E-state index contributed by atoms with van der Waals surface area (Å²) in [6, 6.07) is 18.5. The Hall–Kier alpha value is -4.73. The van der Waals surface area contributed by atoms with Gasteiger partial charge in [0.2, 0.25) is 0 Å². The quantitative estimate of drug-likeness (QED) is 0.130. The van der Waals surface area contributed by atoms with Crippen LogP contribution in [0.3, 0.4) is 0 Å². The predicted molar refractivity (Wildman–Crippen MR) is 145 cm³/mol. The summed E-state index contributed by atoms with van der Waals surface area (Å²) >= 11 is 0. The summed E-state index contributed by atoms with van der Waals surface area (Å²) in [6.07, 6.45) is 0. The standard InChI is InChI=1S/C24H22N6O4S.O3S/c1-14-6-9-16(10-7-14)27-29-19-11-8-15-12-20(35(32,33)34)23(24(31)21(15)22(19)25)30-28-18-5-3-4-17(13-18)26-2;1-4(2)3/h3-13,26,31H,25H2,1-2H3,(H,32,33,34);. The van der Waals surface area contributed by atoms with Gasteiger partial charge < -0.3 is 16.2 Å². The van der Waals surface area contributed by atoms with E-state index >= 15 is 0 Å². The molecule has 0 atom stereocenters. The molecule has 13 nitrogen and oxygen atoms in total. The Morgan fingerprint density at radius 3 is 2.13 bits per heavy atom. The minimum Gasteiger partial charge on any atom is -0.505 e. The molecule has 4 rings (SSSR count). The van der Waals surface area contributed by atoms with Crippen molar-refractivity contribution in [1.29, 1.82) is 0 Å². The highest BCUT2D eigenvalue weighted by Gasteiger charge is 2.24. The molecule has 0 aromatic heterocycles. The van der Waals surface area contributed by atoms with E-state index in [1.165, 1.54) is 18.2 Å². The lowest BCUT2D eigenvalue weighted by molar-refractivity contribution is 0.472. The van der Waals surface area contributed by atoms with Gasteiger partial charge in [0.05, 0.1) is 22.4 Å². The summed E-state index contributed by atoms with van der Waals surface area (Å²) in [6.45, 7) is 1.96. The van der Waals surface area contributed by atoms with E-state index in [0.29, 0.717) is 11.4 Å². The summed E-state index contributed by atoms with van der Waals surface area (Å²) in [5, 5.41) is 30.6. The molecule has 0 bridgehead atoms. The van der Waals surface area contributed by atoms with E-state index in [1.54, 1.807) is 37.4 Å². The number of fused-ring (bicyclic) bond motifs is 1. The fourth-order valence-corrected chi connectivity index (χ4v) is 4.05. The number of azo groups is 2. The lowest BCUT2D eigenvalue weighted by Crippen LogP contribution is -2.00. The Morgan fingerprint density at radius 2 is 1.51 bits per heavy atom. The van der Waals surface area contributed by atoms with Gasteiger partial charge in [-0.15, -0.1) is 22.9 Å². The number of aromatic hydroxyl groups is 1. The van der Waals surface area contributed by atoms with Gasteiger partial charge in [-0.25, -0.2) is 0 Å². The molecular formula is C24H22N6O7S2. The molecule has 5 N–H and O–H groups in total. The summed E-state index contributed by atoms with van der Waals surface area (Å²) in [5.74, 6) is -0.562. The molecule has 0 aliphatic heterocycles. The van der Waals surface area contributed by atoms with Gasteiger partial charge in [-0.2, -0.15) is 18.6 Å². The third-order valence-electron chi connectivity index (χ3n) is 5.22. The molecule has 0 aliphatic rings. The Balaban J connectivity index is 0.000000983. The zero-order chi connectivity index (χ0) is 28.7. The second kappa shape index (κ2) is 12.2. The molecule has 0 radical (unpaired) electrons. The number of benzene rings is 4. The van der Waals surface area contributed by atoms with Crippen molar-refractivity contribution < 1.29 is 30.7 Å². The predicted octanol–water partition coefficient (Wildman–Crippen LogP) is 5.55. The first-order chi connectivity index (χ1) is 18.4. The van der Waals surface area contributed by atoms with Crippen LogP contribution >= 0.6 is 0 Å².